The molecule has 0 saturated carbocycles. The molecule has 5 atom stereocenters. The van der Waals surface area contributed by atoms with Crippen molar-refractivity contribution in [2.45, 2.75) is 77.8 Å². The highest BCUT2D eigenvalue weighted by atomic mass is 16.5. The van der Waals surface area contributed by atoms with E-state index in [0.29, 0.717) is 6.42 Å². The van der Waals surface area contributed by atoms with Crippen LogP contribution in [0.1, 0.15) is 64.1 Å². The molecule has 0 bridgehead atoms. The lowest BCUT2D eigenvalue weighted by molar-refractivity contribution is -0.150. The van der Waals surface area contributed by atoms with Gasteiger partial charge in [0.05, 0.1) is 12.1 Å². The van der Waals surface area contributed by atoms with Crippen LogP contribution in [0.25, 0.3) is 0 Å². The van der Waals surface area contributed by atoms with Crippen molar-refractivity contribution < 1.29 is 24.2 Å². The Balaban J connectivity index is 1.96. The molecule has 8 heteroatoms. The number of carbonyl (C=O) groups is 3. The Hall–Kier alpha value is -3.23. The molecule has 0 aliphatic rings. The summed E-state index contributed by atoms with van der Waals surface area (Å²) in [6.07, 6.45) is -0.107. The molecule has 0 saturated heterocycles. The average molecular weight is 512 g/mol. The van der Waals surface area contributed by atoms with Crippen LogP contribution in [-0.4, -0.2) is 41.1 Å². The van der Waals surface area contributed by atoms with Gasteiger partial charge in [-0.3, -0.25) is 9.59 Å². The molecule has 2 rings (SSSR count). The largest absolute Gasteiger partial charge is 0.459 e. The molecule has 0 fully saturated rings. The van der Waals surface area contributed by atoms with Gasteiger partial charge in [0.25, 0.3) is 0 Å². The molecule has 0 radical (unpaired) electrons. The summed E-state index contributed by atoms with van der Waals surface area (Å²) in [5.41, 5.74) is 7.76. The number of rotatable bonds is 14. The van der Waals surface area contributed by atoms with Crippen molar-refractivity contribution in [2.24, 2.45) is 17.6 Å². The highest BCUT2D eigenvalue weighted by Gasteiger charge is 2.32. The summed E-state index contributed by atoms with van der Waals surface area (Å²) >= 11 is 0. The Bertz CT molecular complexity index is 984. The number of carbonyl (C=O) groups excluding carboxylic acids is 3. The SMILES string of the molecule is CC[C@H](C)[C@H](NC(=O)CC[C@H](O)C(N)c1ccccc1)C(=O)N[C@H](C(=O)OCc1ccccc1)C(C)C. The van der Waals surface area contributed by atoms with Gasteiger partial charge >= 0.3 is 5.97 Å². The fourth-order valence-corrected chi connectivity index (χ4v) is 3.86. The zero-order valence-corrected chi connectivity index (χ0v) is 22.2. The maximum Gasteiger partial charge on any atom is 0.329 e. The molecular weight excluding hydrogens is 470 g/mol. The molecule has 0 heterocycles. The summed E-state index contributed by atoms with van der Waals surface area (Å²) in [4.78, 5) is 38.7. The minimum Gasteiger partial charge on any atom is -0.459 e. The Labute approximate surface area is 220 Å². The van der Waals surface area contributed by atoms with Crippen LogP contribution in [0.5, 0.6) is 0 Å². The van der Waals surface area contributed by atoms with Crippen LogP contribution in [0.4, 0.5) is 0 Å². The van der Waals surface area contributed by atoms with Gasteiger partial charge in [0.2, 0.25) is 11.8 Å². The van der Waals surface area contributed by atoms with Crippen LogP contribution < -0.4 is 16.4 Å². The van der Waals surface area contributed by atoms with Gasteiger partial charge in [0, 0.05) is 6.42 Å². The van der Waals surface area contributed by atoms with Crippen molar-refractivity contribution in [3.05, 3.63) is 71.8 Å². The van der Waals surface area contributed by atoms with Crippen LogP contribution in [-0.2, 0) is 25.7 Å². The van der Waals surface area contributed by atoms with Gasteiger partial charge in [-0.2, -0.15) is 0 Å². The third-order valence-electron chi connectivity index (χ3n) is 6.52. The lowest BCUT2D eigenvalue weighted by Gasteiger charge is -2.28. The summed E-state index contributed by atoms with van der Waals surface area (Å²) in [7, 11) is 0. The van der Waals surface area contributed by atoms with Gasteiger partial charge in [-0.15, -0.1) is 0 Å². The number of amides is 2. The zero-order chi connectivity index (χ0) is 27.4. The van der Waals surface area contributed by atoms with Gasteiger partial charge in [-0.25, -0.2) is 4.79 Å². The highest BCUT2D eigenvalue weighted by Crippen LogP contribution is 2.18. The van der Waals surface area contributed by atoms with E-state index in [2.05, 4.69) is 10.6 Å². The summed E-state index contributed by atoms with van der Waals surface area (Å²) < 4.78 is 5.44. The fourth-order valence-electron chi connectivity index (χ4n) is 3.86. The number of nitrogens with one attached hydrogen (secondary N) is 2. The monoisotopic (exact) mass is 511 g/mol. The number of nitrogens with two attached hydrogens (primary N) is 1. The van der Waals surface area contributed by atoms with Crippen LogP contribution in [0.3, 0.4) is 0 Å². The molecule has 0 spiro atoms. The smallest absolute Gasteiger partial charge is 0.329 e. The average Bonchev–Trinajstić information content (AvgIpc) is 2.91. The lowest BCUT2D eigenvalue weighted by atomic mass is 9.96. The highest BCUT2D eigenvalue weighted by molar-refractivity contribution is 5.91. The number of ether oxygens (including phenoxy) is 1. The summed E-state index contributed by atoms with van der Waals surface area (Å²) in [6.45, 7) is 7.54. The Morgan fingerprint density at radius 1 is 0.919 bits per heavy atom. The van der Waals surface area contributed by atoms with E-state index in [9.17, 15) is 19.5 Å². The molecule has 2 aromatic carbocycles. The molecular formula is C29H41N3O5. The molecule has 37 heavy (non-hydrogen) atoms. The number of hydrogen-bond donors (Lipinski definition) is 4. The van der Waals surface area contributed by atoms with Crippen LogP contribution in [0.15, 0.2) is 60.7 Å². The standard InChI is InChI=1S/C29H41N3O5/c1-5-20(4)27(31-24(34)17-16-23(33)25(30)22-14-10-7-11-15-22)28(35)32-26(19(2)3)29(36)37-18-21-12-8-6-9-13-21/h6-15,19-20,23,25-27,33H,5,16-18,30H2,1-4H3,(H,31,34)(H,32,35)/t20-,23-,25?,26-,27-/m0/s1. The van der Waals surface area contributed by atoms with E-state index in [1.54, 1.807) is 0 Å². The van der Waals surface area contributed by atoms with E-state index in [0.717, 1.165) is 11.1 Å². The van der Waals surface area contributed by atoms with E-state index in [1.165, 1.54) is 0 Å². The first-order valence-corrected chi connectivity index (χ1v) is 12.9. The first-order chi connectivity index (χ1) is 17.6. The first kappa shape index (κ1) is 30.0. The molecule has 0 aromatic heterocycles. The topological polar surface area (TPSA) is 131 Å². The second kappa shape index (κ2) is 15.1. The van der Waals surface area contributed by atoms with Gasteiger partial charge in [-0.05, 0) is 29.4 Å². The van der Waals surface area contributed by atoms with E-state index < -0.39 is 36.1 Å². The summed E-state index contributed by atoms with van der Waals surface area (Å²) in [5, 5.41) is 16.0. The van der Waals surface area contributed by atoms with Crippen molar-refractivity contribution >= 4 is 17.8 Å². The molecule has 1 unspecified atom stereocenters. The molecule has 2 aromatic rings. The number of hydrogen-bond acceptors (Lipinski definition) is 6. The molecule has 202 valence electrons. The first-order valence-electron chi connectivity index (χ1n) is 12.9. The Kier molecular flexibility index (Phi) is 12.3. The number of aliphatic hydroxyl groups is 1. The van der Waals surface area contributed by atoms with E-state index in [4.69, 9.17) is 10.5 Å². The molecule has 2 amide bonds. The molecule has 8 nitrogen and oxygen atoms in total. The van der Waals surface area contributed by atoms with E-state index in [1.807, 2.05) is 88.4 Å². The maximum atomic E-state index is 13.2. The minimum atomic E-state index is -0.909. The van der Waals surface area contributed by atoms with Crippen molar-refractivity contribution in [1.29, 1.82) is 0 Å². The normalized spacial score (nSPS) is 15.2. The second-order valence-electron chi connectivity index (χ2n) is 9.80. The predicted molar refractivity (Wildman–Crippen MR) is 143 cm³/mol. The van der Waals surface area contributed by atoms with E-state index in [-0.39, 0.29) is 37.2 Å². The van der Waals surface area contributed by atoms with Crippen molar-refractivity contribution in [3.8, 4) is 0 Å². The predicted octanol–water partition coefficient (Wildman–Crippen LogP) is 3.24. The lowest BCUT2D eigenvalue weighted by Crippen LogP contribution is -2.55. The quantitative estimate of drug-likeness (QED) is 0.288. The van der Waals surface area contributed by atoms with Crippen molar-refractivity contribution in [3.63, 3.8) is 0 Å². The Morgan fingerprint density at radius 3 is 2.08 bits per heavy atom. The van der Waals surface area contributed by atoms with Gasteiger partial charge in [0.15, 0.2) is 0 Å². The summed E-state index contributed by atoms with van der Waals surface area (Å²) in [6, 6.07) is 16.2. The number of aliphatic hydroxyl groups excluding tert-OH is 1. The maximum absolute atomic E-state index is 13.2. The number of esters is 1. The fraction of sp³-hybridized carbons (Fsp3) is 0.483. The number of benzene rings is 2. The molecule has 0 aliphatic carbocycles. The van der Waals surface area contributed by atoms with Crippen molar-refractivity contribution in [1.82, 2.24) is 10.6 Å². The van der Waals surface area contributed by atoms with Gasteiger partial charge < -0.3 is 26.2 Å². The molecule has 0 aliphatic heterocycles. The summed E-state index contributed by atoms with van der Waals surface area (Å²) in [5.74, 6) is -1.73. The van der Waals surface area contributed by atoms with Gasteiger partial charge in [-0.1, -0.05) is 94.8 Å². The van der Waals surface area contributed by atoms with Crippen LogP contribution in [0, 0.1) is 11.8 Å². The van der Waals surface area contributed by atoms with Crippen molar-refractivity contribution in [2.75, 3.05) is 0 Å². The second-order valence-corrected chi connectivity index (χ2v) is 9.80. The third-order valence-corrected chi connectivity index (χ3v) is 6.52. The van der Waals surface area contributed by atoms with E-state index >= 15 is 0 Å². The van der Waals surface area contributed by atoms with Crippen LogP contribution in [0.2, 0.25) is 0 Å². The van der Waals surface area contributed by atoms with Crippen LogP contribution >= 0.6 is 0 Å². The van der Waals surface area contributed by atoms with Gasteiger partial charge in [0.1, 0.15) is 18.7 Å². The Morgan fingerprint density at radius 2 is 1.51 bits per heavy atom. The molecule has 5 N–H and O–H groups in total. The minimum absolute atomic E-state index is 0.00857. The third kappa shape index (κ3) is 9.63. The zero-order valence-electron chi connectivity index (χ0n) is 22.2.